The van der Waals surface area contributed by atoms with E-state index in [4.69, 9.17) is 27.6 Å². The van der Waals surface area contributed by atoms with Crippen LogP contribution in [0.4, 0.5) is 0 Å². The molecule has 72 valence electrons. The molecule has 2 nitrogen and oxygen atoms in total. The second kappa shape index (κ2) is 3.77. The third kappa shape index (κ3) is 1.71. The van der Waals surface area contributed by atoms with Gasteiger partial charge in [-0.25, -0.2) is 0 Å². The summed E-state index contributed by atoms with van der Waals surface area (Å²) in [5, 5.41) is 0. The molecule has 0 aromatic carbocycles. The topological polar surface area (TPSA) is 30.2 Å². The summed E-state index contributed by atoms with van der Waals surface area (Å²) in [6, 6.07) is 4.78. The Morgan fingerprint density at radius 3 is 2.71 bits per heavy atom. The molecule has 2 rings (SSSR count). The van der Waals surface area contributed by atoms with E-state index in [2.05, 4.69) is 0 Å². The molecule has 0 N–H and O–H groups in total. The van der Waals surface area contributed by atoms with Gasteiger partial charge < -0.3 is 4.42 Å². The molecule has 0 aliphatic rings. The lowest BCUT2D eigenvalue weighted by Crippen LogP contribution is -1.97. The molecule has 0 fully saturated rings. The number of halogens is 2. The minimum absolute atomic E-state index is 0.247. The van der Waals surface area contributed by atoms with Gasteiger partial charge in [0.25, 0.3) is 0 Å². The van der Waals surface area contributed by atoms with Gasteiger partial charge in [-0.05, 0) is 18.2 Å². The van der Waals surface area contributed by atoms with Crippen molar-refractivity contribution in [3.63, 3.8) is 0 Å². The number of ketones is 1. The summed E-state index contributed by atoms with van der Waals surface area (Å²) in [5.41, 5.74) is 0.386. The SMILES string of the molecule is O=C(c1ccco1)c1cc(Cl)sc1Cl. The van der Waals surface area contributed by atoms with Crippen LogP contribution in [0.1, 0.15) is 16.1 Å². The number of carbonyl (C=O) groups excluding carboxylic acids is 1. The van der Waals surface area contributed by atoms with E-state index in [1.165, 1.54) is 6.26 Å². The summed E-state index contributed by atoms with van der Waals surface area (Å²) in [4.78, 5) is 11.7. The van der Waals surface area contributed by atoms with Crippen LogP contribution in [0.25, 0.3) is 0 Å². The van der Waals surface area contributed by atoms with Crippen LogP contribution < -0.4 is 0 Å². The van der Waals surface area contributed by atoms with Gasteiger partial charge in [-0.2, -0.15) is 0 Å². The molecule has 0 saturated carbocycles. The average Bonchev–Trinajstić information content (AvgIpc) is 2.73. The molecular weight excluding hydrogens is 243 g/mol. The second-order valence-corrected chi connectivity index (χ2v) is 4.83. The molecule has 0 amide bonds. The molecule has 0 aliphatic carbocycles. The summed E-state index contributed by atoms with van der Waals surface area (Å²) in [6.45, 7) is 0. The molecule has 2 aromatic rings. The third-order valence-corrected chi connectivity index (χ3v) is 3.13. The zero-order valence-electron chi connectivity index (χ0n) is 6.79. The minimum atomic E-state index is -0.247. The average molecular weight is 247 g/mol. The van der Waals surface area contributed by atoms with Crippen molar-refractivity contribution in [3.05, 3.63) is 44.5 Å². The fraction of sp³-hybridized carbons (Fsp3) is 0. The van der Waals surface area contributed by atoms with Crippen molar-refractivity contribution in [1.29, 1.82) is 0 Å². The summed E-state index contributed by atoms with van der Waals surface area (Å²) in [7, 11) is 0. The molecule has 2 aromatic heterocycles. The Labute approximate surface area is 94.1 Å². The molecule has 0 unspecified atom stereocenters. The van der Waals surface area contributed by atoms with E-state index < -0.39 is 0 Å². The zero-order chi connectivity index (χ0) is 10.1. The van der Waals surface area contributed by atoms with Gasteiger partial charge in [-0.3, -0.25) is 4.79 Å². The van der Waals surface area contributed by atoms with E-state index in [1.54, 1.807) is 18.2 Å². The second-order valence-electron chi connectivity index (χ2n) is 2.54. The first kappa shape index (κ1) is 9.77. The molecule has 0 aliphatic heterocycles. The zero-order valence-corrected chi connectivity index (χ0v) is 9.12. The number of carbonyl (C=O) groups is 1. The van der Waals surface area contributed by atoms with Crippen molar-refractivity contribution in [2.45, 2.75) is 0 Å². The monoisotopic (exact) mass is 246 g/mol. The van der Waals surface area contributed by atoms with Crippen molar-refractivity contribution >= 4 is 40.3 Å². The van der Waals surface area contributed by atoms with E-state index in [9.17, 15) is 4.79 Å². The molecule has 0 spiro atoms. The van der Waals surface area contributed by atoms with Crippen LogP contribution >= 0.6 is 34.5 Å². The lowest BCUT2D eigenvalue weighted by molar-refractivity contribution is 0.101. The van der Waals surface area contributed by atoms with Crippen LogP contribution in [0.15, 0.2) is 28.9 Å². The smallest absolute Gasteiger partial charge is 0.230 e. The molecule has 14 heavy (non-hydrogen) atoms. The maximum absolute atomic E-state index is 11.7. The van der Waals surface area contributed by atoms with Crippen LogP contribution in [-0.4, -0.2) is 5.78 Å². The van der Waals surface area contributed by atoms with Gasteiger partial charge in [-0.15, -0.1) is 11.3 Å². The first-order chi connectivity index (χ1) is 6.68. The van der Waals surface area contributed by atoms with E-state index >= 15 is 0 Å². The Hall–Kier alpha value is -0.770. The van der Waals surface area contributed by atoms with Crippen molar-refractivity contribution < 1.29 is 9.21 Å². The van der Waals surface area contributed by atoms with Gasteiger partial charge >= 0.3 is 0 Å². The van der Waals surface area contributed by atoms with Crippen LogP contribution in [0.5, 0.6) is 0 Å². The highest BCUT2D eigenvalue weighted by Crippen LogP contribution is 2.32. The van der Waals surface area contributed by atoms with Crippen LogP contribution in [-0.2, 0) is 0 Å². The number of furan rings is 1. The number of hydrogen-bond donors (Lipinski definition) is 0. The Kier molecular flexibility index (Phi) is 2.63. The van der Waals surface area contributed by atoms with Crippen LogP contribution in [0.3, 0.4) is 0 Å². The van der Waals surface area contributed by atoms with Gasteiger partial charge in [0.15, 0.2) is 5.76 Å². The van der Waals surface area contributed by atoms with Crippen molar-refractivity contribution in [1.82, 2.24) is 0 Å². The molecule has 0 atom stereocenters. The minimum Gasteiger partial charge on any atom is -0.461 e. The van der Waals surface area contributed by atoms with E-state index in [0.29, 0.717) is 14.2 Å². The first-order valence-corrected chi connectivity index (χ1v) is 5.29. The molecule has 5 heteroatoms. The standard InChI is InChI=1S/C9H4Cl2O2S/c10-7-4-5(9(11)14-7)8(12)6-2-1-3-13-6/h1-4H. The quantitative estimate of drug-likeness (QED) is 0.754. The Balaban J connectivity index is 2.41. The van der Waals surface area contributed by atoms with Crippen molar-refractivity contribution in [2.24, 2.45) is 0 Å². The Bertz CT molecular complexity index is 459. The van der Waals surface area contributed by atoms with Gasteiger partial charge in [0.1, 0.15) is 4.34 Å². The van der Waals surface area contributed by atoms with Crippen LogP contribution in [0, 0.1) is 0 Å². The maximum Gasteiger partial charge on any atom is 0.230 e. The fourth-order valence-electron chi connectivity index (χ4n) is 1.04. The first-order valence-electron chi connectivity index (χ1n) is 3.71. The number of hydrogen-bond acceptors (Lipinski definition) is 3. The lowest BCUT2D eigenvalue weighted by atomic mass is 10.2. The van der Waals surface area contributed by atoms with E-state index in [0.717, 1.165) is 11.3 Å². The molecule has 0 bridgehead atoms. The summed E-state index contributed by atoms with van der Waals surface area (Å²) < 4.78 is 5.84. The molecular formula is C9H4Cl2O2S. The lowest BCUT2D eigenvalue weighted by Gasteiger charge is -1.92. The summed E-state index contributed by atoms with van der Waals surface area (Å²) >= 11 is 12.7. The third-order valence-electron chi connectivity index (χ3n) is 1.65. The summed E-state index contributed by atoms with van der Waals surface area (Å²) in [5.74, 6) is 0.0181. The normalized spacial score (nSPS) is 10.4. The highest BCUT2D eigenvalue weighted by molar-refractivity contribution is 7.20. The highest BCUT2D eigenvalue weighted by Gasteiger charge is 2.17. The van der Waals surface area contributed by atoms with Gasteiger partial charge in [0.2, 0.25) is 5.78 Å². The van der Waals surface area contributed by atoms with Gasteiger partial charge in [0, 0.05) is 0 Å². The van der Waals surface area contributed by atoms with Crippen LogP contribution in [0.2, 0.25) is 8.67 Å². The molecule has 0 radical (unpaired) electrons. The van der Waals surface area contributed by atoms with Crippen molar-refractivity contribution in [3.8, 4) is 0 Å². The summed E-state index contributed by atoms with van der Waals surface area (Å²) in [6.07, 6.45) is 1.44. The molecule has 0 saturated heterocycles. The Morgan fingerprint density at radius 1 is 1.43 bits per heavy atom. The van der Waals surface area contributed by atoms with E-state index in [-0.39, 0.29) is 11.5 Å². The predicted molar refractivity (Wildman–Crippen MR) is 56.5 cm³/mol. The fourth-order valence-corrected chi connectivity index (χ4v) is 2.49. The Morgan fingerprint density at radius 2 is 2.21 bits per heavy atom. The van der Waals surface area contributed by atoms with Crippen molar-refractivity contribution in [2.75, 3.05) is 0 Å². The number of thiophene rings is 1. The maximum atomic E-state index is 11.7. The predicted octanol–water partition coefficient (Wildman–Crippen LogP) is 3.88. The highest BCUT2D eigenvalue weighted by atomic mass is 35.5. The number of rotatable bonds is 2. The van der Waals surface area contributed by atoms with Gasteiger partial charge in [0.05, 0.1) is 16.2 Å². The largest absolute Gasteiger partial charge is 0.461 e. The molecule has 2 heterocycles. The van der Waals surface area contributed by atoms with Gasteiger partial charge in [-0.1, -0.05) is 23.2 Å². The van der Waals surface area contributed by atoms with E-state index in [1.807, 2.05) is 0 Å².